The van der Waals surface area contributed by atoms with E-state index in [1.54, 1.807) is 17.5 Å². The number of carbonyl (C=O) groups excluding carboxylic acids is 1. The summed E-state index contributed by atoms with van der Waals surface area (Å²) in [5, 5.41) is 5.29. The molecule has 3 aromatic rings. The normalized spacial score (nSPS) is 15.1. The first-order chi connectivity index (χ1) is 12.2. The van der Waals surface area contributed by atoms with Gasteiger partial charge in [-0.1, -0.05) is 23.5 Å². The molecule has 0 radical (unpaired) electrons. The fourth-order valence-corrected chi connectivity index (χ4v) is 4.15. The Morgan fingerprint density at radius 2 is 1.96 bits per heavy atom. The molecule has 1 fully saturated rings. The van der Waals surface area contributed by atoms with Crippen LogP contribution in [-0.4, -0.2) is 51.8 Å². The van der Waals surface area contributed by atoms with E-state index in [9.17, 15) is 4.79 Å². The average molecular weight is 355 g/mol. The highest BCUT2D eigenvalue weighted by Gasteiger charge is 2.23. The lowest BCUT2D eigenvalue weighted by Gasteiger charge is -2.34. The smallest absolute Gasteiger partial charge is 0.224 e. The van der Waals surface area contributed by atoms with Crippen molar-refractivity contribution in [3.8, 4) is 0 Å². The first-order valence-corrected chi connectivity index (χ1v) is 9.39. The summed E-state index contributed by atoms with van der Waals surface area (Å²) in [5.74, 6) is 0.207. The lowest BCUT2D eigenvalue weighted by atomic mass is 10.3. The molecule has 2 aromatic heterocycles. The summed E-state index contributed by atoms with van der Waals surface area (Å²) < 4.78 is 3.10. The van der Waals surface area contributed by atoms with Crippen LogP contribution in [0.4, 0.5) is 5.13 Å². The Bertz CT molecular complexity index is 845. The van der Waals surface area contributed by atoms with E-state index in [0.717, 1.165) is 42.5 Å². The number of aromatic nitrogens is 3. The van der Waals surface area contributed by atoms with E-state index in [1.807, 2.05) is 40.8 Å². The summed E-state index contributed by atoms with van der Waals surface area (Å²) >= 11 is 1.72. The van der Waals surface area contributed by atoms with E-state index in [4.69, 9.17) is 4.98 Å². The van der Waals surface area contributed by atoms with Crippen molar-refractivity contribution in [1.82, 2.24) is 19.7 Å². The second-order valence-corrected chi connectivity index (χ2v) is 7.29. The molecule has 7 heteroatoms. The fourth-order valence-electron chi connectivity index (χ4n) is 3.13. The molecule has 0 N–H and O–H groups in total. The molecule has 25 heavy (non-hydrogen) atoms. The first-order valence-electron chi connectivity index (χ1n) is 8.57. The highest BCUT2D eigenvalue weighted by Crippen LogP contribution is 2.29. The number of hydrogen-bond acceptors (Lipinski definition) is 5. The molecular formula is C18H21N5OS. The van der Waals surface area contributed by atoms with Crippen molar-refractivity contribution in [3.63, 3.8) is 0 Å². The predicted molar refractivity (Wildman–Crippen MR) is 100.0 cm³/mol. The molecule has 1 aromatic carbocycles. The maximum atomic E-state index is 12.4. The molecule has 0 bridgehead atoms. The number of benzene rings is 1. The molecule has 1 aliphatic rings. The minimum absolute atomic E-state index is 0.207. The van der Waals surface area contributed by atoms with Crippen LogP contribution >= 0.6 is 11.3 Å². The van der Waals surface area contributed by atoms with Crippen molar-refractivity contribution < 1.29 is 4.79 Å². The Hall–Kier alpha value is -2.41. The number of aryl methyl sites for hydroxylation is 2. The quantitative estimate of drug-likeness (QED) is 0.722. The number of thiazole rings is 1. The van der Waals surface area contributed by atoms with Gasteiger partial charge in [0, 0.05) is 51.0 Å². The zero-order valence-electron chi connectivity index (χ0n) is 14.3. The van der Waals surface area contributed by atoms with E-state index >= 15 is 0 Å². The summed E-state index contributed by atoms with van der Waals surface area (Å²) in [5.41, 5.74) is 2.14. The Kier molecular flexibility index (Phi) is 4.40. The van der Waals surface area contributed by atoms with E-state index in [1.165, 1.54) is 4.70 Å². The van der Waals surface area contributed by atoms with E-state index in [0.29, 0.717) is 13.0 Å². The largest absolute Gasteiger partial charge is 0.345 e. The number of hydrogen-bond donors (Lipinski definition) is 0. The minimum atomic E-state index is 0.207. The minimum Gasteiger partial charge on any atom is -0.345 e. The van der Waals surface area contributed by atoms with Crippen molar-refractivity contribution in [1.29, 1.82) is 0 Å². The van der Waals surface area contributed by atoms with Gasteiger partial charge in [0.1, 0.15) is 0 Å². The lowest BCUT2D eigenvalue weighted by molar-refractivity contribution is -0.131. The summed E-state index contributed by atoms with van der Waals surface area (Å²) in [7, 11) is 0. The third kappa shape index (κ3) is 3.37. The lowest BCUT2D eigenvalue weighted by Crippen LogP contribution is -2.49. The Balaban J connectivity index is 1.33. The molecule has 0 atom stereocenters. The molecule has 3 heterocycles. The molecule has 0 aliphatic carbocycles. The van der Waals surface area contributed by atoms with E-state index < -0.39 is 0 Å². The number of carbonyl (C=O) groups is 1. The molecule has 0 saturated carbocycles. The molecule has 4 rings (SSSR count). The van der Waals surface area contributed by atoms with Crippen molar-refractivity contribution >= 4 is 32.6 Å². The van der Waals surface area contributed by atoms with Gasteiger partial charge in [-0.2, -0.15) is 5.10 Å². The van der Waals surface area contributed by atoms with Gasteiger partial charge in [0.05, 0.1) is 10.2 Å². The van der Waals surface area contributed by atoms with Gasteiger partial charge in [-0.15, -0.1) is 0 Å². The van der Waals surface area contributed by atoms with Crippen LogP contribution in [0.3, 0.4) is 0 Å². The Morgan fingerprint density at radius 3 is 2.68 bits per heavy atom. The van der Waals surface area contributed by atoms with E-state index in [2.05, 4.69) is 16.1 Å². The molecular weight excluding hydrogens is 334 g/mol. The predicted octanol–water partition coefficient (Wildman–Crippen LogP) is 2.54. The SMILES string of the molecule is Cc1ccnn1CCC(=O)N1CCN(c2nc3ccccc3s2)CC1. The monoisotopic (exact) mass is 355 g/mol. The molecule has 6 nitrogen and oxygen atoms in total. The highest BCUT2D eigenvalue weighted by atomic mass is 32.1. The van der Waals surface area contributed by atoms with Gasteiger partial charge in [-0.05, 0) is 25.1 Å². The van der Waals surface area contributed by atoms with Crippen LogP contribution in [-0.2, 0) is 11.3 Å². The van der Waals surface area contributed by atoms with Crippen LogP contribution in [0.15, 0.2) is 36.5 Å². The number of anilines is 1. The summed E-state index contributed by atoms with van der Waals surface area (Å²) in [6.45, 7) is 5.85. The van der Waals surface area contributed by atoms with Gasteiger partial charge in [-0.3, -0.25) is 9.48 Å². The zero-order chi connectivity index (χ0) is 17.2. The molecule has 0 unspecified atom stereocenters. The number of para-hydroxylation sites is 1. The van der Waals surface area contributed by atoms with Crippen molar-refractivity contribution in [2.75, 3.05) is 31.1 Å². The number of rotatable bonds is 4. The van der Waals surface area contributed by atoms with Gasteiger partial charge >= 0.3 is 0 Å². The van der Waals surface area contributed by atoms with Crippen LogP contribution in [0.5, 0.6) is 0 Å². The average Bonchev–Trinajstić information content (AvgIpc) is 3.25. The summed E-state index contributed by atoms with van der Waals surface area (Å²) in [4.78, 5) is 21.4. The maximum absolute atomic E-state index is 12.4. The zero-order valence-corrected chi connectivity index (χ0v) is 15.1. The first kappa shape index (κ1) is 16.1. The van der Waals surface area contributed by atoms with E-state index in [-0.39, 0.29) is 5.91 Å². The van der Waals surface area contributed by atoms with Crippen molar-refractivity contribution in [3.05, 3.63) is 42.2 Å². The number of nitrogens with zero attached hydrogens (tertiary/aromatic N) is 5. The third-order valence-corrected chi connectivity index (χ3v) is 5.75. The summed E-state index contributed by atoms with van der Waals surface area (Å²) in [6.07, 6.45) is 2.28. The van der Waals surface area contributed by atoms with Crippen molar-refractivity contribution in [2.45, 2.75) is 19.9 Å². The van der Waals surface area contributed by atoms with Gasteiger partial charge in [-0.25, -0.2) is 4.98 Å². The van der Waals surface area contributed by atoms with Gasteiger partial charge in [0.2, 0.25) is 5.91 Å². The number of piperazine rings is 1. The van der Waals surface area contributed by atoms with Gasteiger partial charge in [0.25, 0.3) is 0 Å². The van der Waals surface area contributed by atoms with Crippen LogP contribution in [0.1, 0.15) is 12.1 Å². The van der Waals surface area contributed by atoms with Crippen LogP contribution < -0.4 is 4.90 Å². The van der Waals surface area contributed by atoms with Gasteiger partial charge in [0.15, 0.2) is 5.13 Å². The second kappa shape index (κ2) is 6.84. The van der Waals surface area contributed by atoms with Crippen LogP contribution in [0.2, 0.25) is 0 Å². The molecule has 1 saturated heterocycles. The molecule has 0 spiro atoms. The highest BCUT2D eigenvalue weighted by molar-refractivity contribution is 7.22. The summed E-state index contributed by atoms with van der Waals surface area (Å²) in [6, 6.07) is 10.2. The number of fused-ring (bicyclic) bond motifs is 1. The molecule has 130 valence electrons. The topological polar surface area (TPSA) is 54.3 Å². The van der Waals surface area contributed by atoms with Crippen molar-refractivity contribution in [2.24, 2.45) is 0 Å². The standard InChI is InChI=1S/C18H21N5OS/c1-14-6-8-19-23(14)9-7-17(24)21-10-12-22(13-11-21)18-20-15-4-2-3-5-16(15)25-18/h2-6,8H,7,9-13H2,1H3. The molecule has 1 aliphatic heterocycles. The Labute approximate surface area is 150 Å². The third-order valence-electron chi connectivity index (χ3n) is 4.65. The number of amides is 1. The van der Waals surface area contributed by atoms with Crippen LogP contribution in [0, 0.1) is 6.92 Å². The van der Waals surface area contributed by atoms with Crippen LogP contribution in [0.25, 0.3) is 10.2 Å². The fraction of sp³-hybridized carbons (Fsp3) is 0.389. The molecule has 1 amide bonds. The van der Waals surface area contributed by atoms with Gasteiger partial charge < -0.3 is 9.80 Å². The Morgan fingerprint density at radius 1 is 1.16 bits per heavy atom. The second-order valence-electron chi connectivity index (χ2n) is 6.28. The maximum Gasteiger partial charge on any atom is 0.224 e.